The maximum absolute atomic E-state index is 10.7. The number of carbonyl (C=O) groups is 2. The number of Topliss-reactive ketones (excluding diaryl/α,β-unsaturated/α-hetero) is 1. The Labute approximate surface area is 62.2 Å². The van der Waals surface area contributed by atoms with E-state index in [1.54, 1.807) is 0 Å². The zero-order valence-corrected chi connectivity index (χ0v) is 5.57. The minimum absolute atomic E-state index is 0.0667. The van der Waals surface area contributed by atoms with E-state index >= 15 is 0 Å². The standard InChI is InChI=1S/C4H8N4O3/c9-1-3(10)4-6-7-5-2-8(4)11/h1,4-7,11H,2H2. The molecule has 4 N–H and O–H groups in total. The Bertz CT molecular complexity index is 173. The summed E-state index contributed by atoms with van der Waals surface area (Å²) in [6, 6.07) is 0. The molecular formula is C4H8N4O3. The lowest BCUT2D eigenvalue weighted by Gasteiger charge is -2.29. The van der Waals surface area contributed by atoms with Crippen molar-refractivity contribution in [2.75, 3.05) is 6.67 Å². The highest BCUT2D eigenvalue weighted by Crippen LogP contribution is 1.91. The first-order chi connectivity index (χ1) is 5.25. The number of nitrogens with one attached hydrogen (secondary N) is 3. The molecule has 1 heterocycles. The Kier molecular flexibility index (Phi) is 2.63. The molecule has 0 aromatic heterocycles. The van der Waals surface area contributed by atoms with Crippen LogP contribution in [0.5, 0.6) is 0 Å². The maximum Gasteiger partial charge on any atom is 0.230 e. The number of carbonyl (C=O) groups excluding carboxylic acids is 2. The minimum atomic E-state index is -1.01. The van der Waals surface area contributed by atoms with Gasteiger partial charge in [-0.3, -0.25) is 9.59 Å². The highest BCUT2D eigenvalue weighted by molar-refractivity contribution is 6.27. The summed E-state index contributed by atoms with van der Waals surface area (Å²) in [5, 5.41) is 9.63. The summed E-state index contributed by atoms with van der Waals surface area (Å²) in [7, 11) is 0. The second-order valence-electron chi connectivity index (χ2n) is 1.97. The highest BCUT2D eigenvalue weighted by Gasteiger charge is 2.26. The van der Waals surface area contributed by atoms with Crippen LogP contribution in [0.1, 0.15) is 0 Å². The number of nitrogens with zero attached hydrogens (tertiary/aromatic N) is 1. The largest absolute Gasteiger partial charge is 0.311 e. The van der Waals surface area contributed by atoms with Crippen LogP contribution < -0.4 is 16.4 Å². The summed E-state index contributed by atoms with van der Waals surface area (Å²) in [6.07, 6.45) is -0.859. The van der Waals surface area contributed by atoms with E-state index in [0.29, 0.717) is 5.06 Å². The van der Waals surface area contributed by atoms with Crippen LogP contribution in [0.3, 0.4) is 0 Å². The van der Waals surface area contributed by atoms with Gasteiger partial charge in [-0.05, 0) is 0 Å². The van der Waals surface area contributed by atoms with Gasteiger partial charge in [0.2, 0.25) is 5.78 Å². The van der Waals surface area contributed by atoms with Crippen LogP contribution >= 0.6 is 0 Å². The fourth-order valence-electron chi connectivity index (χ4n) is 0.688. The number of aldehydes is 1. The third kappa shape index (κ3) is 1.79. The van der Waals surface area contributed by atoms with Gasteiger partial charge < -0.3 is 5.21 Å². The van der Waals surface area contributed by atoms with E-state index in [2.05, 4.69) is 16.4 Å². The van der Waals surface area contributed by atoms with Gasteiger partial charge in [-0.25, -0.2) is 10.9 Å². The van der Waals surface area contributed by atoms with Gasteiger partial charge in [0.15, 0.2) is 12.5 Å². The topological polar surface area (TPSA) is 93.7 Å². The molecule has 0 spiro atoms. The van der Waals surface area contributed by atoms with Crippen LogP contribution in [0.15, 0.2) is 0 Å². The van der Waals surface area contributed by atoms with Crippen molar-refractivity contribution in [2.45, 2.75) is 6.17 Å². The van der Waals surface area contributed by atoms with Crippen LogP contribution in [0.4, 0.5) is 0 Å². The molecule has 7 nitrogen and oxygen atoms in total. The van der Waals surface area contributed by atoms with Crippen molar-refractivity contribution in [3.05, 3.63) is 0 Å². The summed E-state index contributed by atoms with van der Waals surface area (Å²) >= 11 is 0. The van der Waals surface area contributed by atoms with Crippen LogP contribution in [0.25, 0.3) is 0 Å². The molecular weight excluding hydrogens is 152 g/mol. The molecule has 0 aromatic rings. The molecule has 1 aliphatic rings. The van der Waals surface area contributed by atoms with Gasteiger partial charge in [-0.1, -0.05) is 0 Å². The molecule has 0 aromatic carbocycles. The van der Waals surface area contributed by atoms with Crippen LogP contribution in [0, 0.1) is 0 Å². The Balaban J connectivity index is 2.53. The third-order valence-corrected chi connectivity index (χ3v) is 1.22. The summed E-state index contributed by atoms with van der Waals surface area (Å²) in [4.78, 5) is 20.7. The lowest BCUT2D eigenvalue weighted by atomic mass is 10.3. The van der Waals surface area contributed by atoms with E-state index in [9.17, 15) is 9.59 Å². The fourth-order valence-corrected chi connectivity index (χ4v) is 0.688. The summed E-state index contributed by atoms with van der Waals surface area (Å²) in [6.45, 7) is 0.0667. The zero-order valence-electron chi connectivity index (χ0n) is 5.57. The number of hydrogen-bond acceptors (Lipinski definition) is 7. The lowest BCUT2D eigenvalue weighted by Crippen LogP contribution is -2.66. The van der Waals surface area contributed by atoms with Gasteiger partial charge in [0.25, 0.3) is 0 Å². The van der Waals surface area contributed by atoms with Crippen molar-refractivity contribution in [1.29, 1.82) is 0 Å². The summed E-state index contributed by atoms with van der Waals surface area (Å²) < 4.78 is 0. The van der Waals surface area contributed by atoms with Crippen molar-refractivity contribution >= 4 is 12.1 Å². The molecule has 1 saturated heterocycles. The van der Waals surface area contributed by atoms with Crippen LogP contribution in [0.2, 0.25) is 0 Å². The molecule has 0 bridgehead atoms. The van der Waals surface area contributed by atoms with Crippen molar-refractivity contribution < 1.29 is 14.8 Å². The molecule has 1 atom stereocenters. The summed E-state index contributed by atoms with van der Waals surface area (Å²) in [5.41, 5.74) is 7.24. The maximum atomic E-state index is 10.7. The molecule has 7 heteroatoms. The average Bonchev–Trinajstić information content (AvgIpc) is 2.04. The van der Waals surface area contributed by atoms with Crippen molar-refractivity contribution in [3.8, 4) is 0 Å². The van der Waals surface area contributed by atoms with Crippen LogP contribution in [-0.2, 0) is 9.59 Å². The first-order valence-corrected chi connectivity index (χ1v) is 2.93. The predicted molar refractivity (Wildman–Crippen MR) is 32.8 cm³/mol. The van der Waals surface area contributed by atoms with Crippen molar-refractivity contribution in [3.63, 3.8) is 0 Å². The van der Waals surface area contributed by atoms with Crippen molar-refractivity contribution in [1.82, 2.24) is 21.4 Å². The first kappa shape index (κ1) is 8.24. The third-order valence-electron chi connectivity index (χ3n) is 1.22. The molecule has 11 heavy (non-hydrogen) atoms. The van der Waals surface area contributed by atoms with Gasteiger partial charge in [-0.15, -0.1) is 0 Å². The second kappa shape index (κ2) is 3.51. The van der Waals surface area contributed by atoms with E-state index in [-0.39, 0.29) is 13.0 Å². The molecule has 0 radical (unpaired) electrons. The molecule has 0 amide bonds. The monoisotopic (exact) mass is 160 g/mol. The van der Waals surface area contributed by atoms with E-state index in [0.717, 1.165) is 0 Å². The molecule has 1 fully saturated rings. The SMILES string of the molecule is O=CC(=O)C1NNNCN1O. The lowest BCUT2D eigenvalue weighted by molar-refractivity contribution is -0.177. The molecule has 62 valence electrons. The predicted octanol–water partition coefficient (Wildman–Crippen LogP) is -2.66. The van der Waals surface area contributed by atoms with Gasteiger partial charge in [0, 0.05) is 0 Å². The fraction of sp³-hybridized carbons (Fsp3) is 0.500. The summed E-state index contributed by atoms with van der Waals surface area (Å²) in [5.74, 6) is -0.735. The quantitative estimate of drug-likeness (QED) is 0.259. The number of ketones is 1. The normalized spacial score (nSPS) is 26.5. The van der Waals surface area contributed by atoms with Crippen LogP contribution in [-0.4, -0.2) is 35.2 Å². The highest BCUT2D eigenvalue weighted by atomic mass is 16.5. The zero-order chi connectivity index (χ0) is 8.27. The van der Waals surface area contributed by atoms with E-state index in [1.165, 1.54) is 0 Å². The number of rotatable bonds is 2. The Morgan fingerprint density at radius 2 is 2.45 bits per heavy atom. The van der Waals surface area contributed by atoms with Crippen molar-refractivity contribution in [2.24, 2.45) is 0 Å². The molecule has 1 aliphatic heterocycles. The second-order valence-corrected chi connectivity index (χ2v) is 1.97. The van der Waals surface area contributed by atoms with E-state index < -0.39 is 11.9 Å². The molecule has 0 aliphatic carbocycles. The average molecular weight is 160 g/mol. The minimum Gasteiger partial charge on any atom is -0.311 e. The Morgan fingerprint density at radius 3 is 3.00 bits per heavy atom. The first-order valence-electron chi connectivity index (χ1n) is 2.93. The van der Waals surface area contributed by atoms with Gasteiger partial charge in [0.1, 0.15) is 0 Å². The molecule has 0 saturated carbocycles. The van der Waals surface area contributed by atoms with E-state index in [4.69, 9.17) is 5.21 Å². The van der Waals surface area contributed by atoms with Gasteiger partial charge >= 0.3 is 0 Å². The molecule has 1 rings (SSSR count). The van der Waals surface area contributed by atoms with Gasteiger partial charge in [0.05, 0.1) is 6.67 Å². The molecule has 1 unspecified atom stereocenters. The number of hydrazine groups is 2. The number of hydrogen-bond donors (Lipinski definition) is 4. The van der Waals surface area contributed by atoms with E-state index in [1.807, 2.05) is 0 Å². The number of hydroxylamine groups is 2. The Hall–Kier alpha value is -0.860. The Morgan fingerprint density at radius 1 is 1.73 bits per heavy atom. The van der Waals surface area contributed by atoms with Gasteiger partial charge in [-0.2, -0.15) is 10.6 Å². The smallest absolute Gasteiger partial charge is 0.230 e.